The molecule has 6 nitrogen and oxygen atoms in total. The second-order valence-corrected chi connectivity index (χ2v) is 7.89. The Hall–Kier alpha value is -2.25. The van der Waals surface area contributed by atoms with Gasteiger partial charge in [0.1, 0.15) is 0 Å². The largest absolute Gasteiger partial charge is 0.352 e. The fourth-order valence-corrected chi connectivity index (χ4v) is 3.15. The van der Waals surface area contributed by atoms with Gasteiger partial charge in [-0.2, -0.15) is 4.31 Å². The Morgan fingerprint density at radius 2 is 1.96 bits per heavy atom. The zero-order chi connectivity index (χ0) is 18.3. The second-order valence-electron chi connectivity index (χ2n) is 5.91. The molecule has 0 radical (unpaired) electrons. The number of rotatable bonds is 8. The molecule has 25 heavy (non-hydrogen) atoms. The Balaban J connectivity index is 1.92. The molecule has 1 aromatic heterocycles. The van der Waals surface area contributed by atoms with Crippen molar-refractivity contribution in [2.45, 2.75) is 26.4 Å². The van der Waals surface area contributed by atoms with Crippen molar-refractivity contribution in [1.82, 2.24) is 14.6 Å². The number of benzene rings is 1. The summed E-state index contributed by atoms with van der Waals surface area (Å²) in [5, 5.41) is 2.78. The van der Waals surface area contributed by atoms with Gasteiger partial charge in [0.05, 0.1) is 6.26 Å². The van der Waals surface area contributed by atoms with Gasteiger partial charge in [0.25, 0.3) is 0 Å². The highest BCUT2D eigenvalue weighted by Gasteiger charge is 2.19. The summed E-state index contributed by atoms with van der Waals surface area (Å²) in [4.78, 5) is 16.0. The molecule has 0 unspecified atom stereocenters. The Morgan fingerprint density at radius 3 is 2.60 bits per heavy atom. The van der Waals surface area contributed by atoms with Gasteiger partial charge in [-0.1, -0.05) is 30.3 Å². The number of aryl methyl sites for hydroxylation is 1. The molecular weight excluding hydrogens is 338 g/mol. The molecule has 2 rings (SSSR count). The average Bonchev–Trinajstić information content (AvgIpc) is 2.58. The summed E-state index contributed by atoms with van der Waals surface area (Å²) in [7, 11) is -3.40. The van der Waals surface area contributed by atoms with Crippen LogP contribution >= 0.6 is 0 Å². The van der Waals surface area contributed by atoms with Gasteiger partial charge in [-0.3, -0.25) is 9.78 Å². The molecule has 0 saturated carbocycles. The number of hydrogen-bond donors (Lipinski definition) is 1. The number of aromatic nitrogens is 1. The lowest BCUT2D eigenvalue weighted by Crippen LogP contribution is -2.34. The van der Waals surface area contributed by atoms with E-state index in [0.29, 0.717) is 6.54 Å². The van der Waals surface area contributed by atoms with Crippen molar-refractivity contribution < 1.29 is 13.2 Å². The maximum absolute atomic E-state index is 12.0. The lowest BCUT2D eigenvalue weighted by atomic mass is 10.1. The number of hydrogen-bond acceptors (Lipinski definition) is 4. The molecule has 1 amide bonds. The summed E-state index contributed by atoms with van der Waals surface area (Å²) >= 11 is 0. The number of amides is 1. The molecule has 0 saturated heterocycles. The average molecular weight is 361 g/mol. The molecule has 0 fully saturated rings. The molecule has 1 aromatic carbocycles. The van der Waals surface area contributed by atoms with Gasteiger partial charge in [0.15, 0.2) is 0 Å². The summed E-state index contributed by atoms with van der Waals surface area (Å²) in [6.07, 6.45) is 4.63. The Labute approximate surface area is 148 Å². The van der Waals surface area contributed by atoms with E-state index in [1.807, 2.05) is 37.3 Å². The van der Waals surface area contributed by atoms with Crippen molar-refractivity contribution in [3.05, 3.63) is 65.5 Å². The topological polar surface area (TPSA) is 79.4 Å². The zero-order valence-electron chi connectivity index (χ0n) is 14.5. The van der Waals surface area contributed by atoms with E-state index >= 15 is 0 Å². The van der Waals surface area contributed by atoms with Crippen LogP contribution < -0.4 is 5.32 Å². The number of carbonyl (C=O) groups is 1. The molecule has 1 heterocycles. The van der Waals surface area contributed by atoms with Crippen LogP contribution in [0.1, 0.15) is 23.1 Å². The number of nitrogens with one attached hydrogen (secondary N) is 1. The van der Waals surface area contributed by atoms with Crippen molar-refractivity contribution in [3.8, 4) is 0 Å². The fraction of sp³-hybridized carbons (Fsp3) is 0.333. The molecule has 0 aliphatic heterocycles. The van der Waals surface area contributed by atoms with Crippen LogP contribution in [-0.4, -0.2) is 36.4 Å². The van der Waals surface area contributed by atoms with E-state index in [9.17, 15) is 13.2 Å². The predicted octanol–water partition coefficient (Wildman–Crippen LogP) is 1.86. The molecule has 2 aromatic rings. The van der Waals surface area contributed by atoms with Crippen LogP contribution in [0.4, 0.5) is 0 Å². The monoisotopic (exact) mass is 361 g/mol. The van der Waals surface area contributed by atoms with Gasteiger partial charge in [-0.05, 0) is 29.7 Å². The first kappa shape index (κ1) is 19.1. The second kappa shape index (κ2) is 8.73. The SMILES string of the molecule is Cc1ccccc1CN(CCC(=O)NCc1cccnc1)S(C)(=O)=O. The molecule has 0 bridgehead atoms. The van der Waals surface area contributed by atoms with Crippen LogP contribution in [0.3, 0.4) is 0 Å². The van der Waals surface area contributed by atoms with Gasteiger partial charge in [-0.25, -0.2) is 8.42 Å². The van der Waals surface area contributed by atoms with E-state index in [4.69, 9.17) is 0 Å². The van der Waals surface area contributed by atoms with Crippen LogP contribution in [0.25, 0.3) is 0 Å². The van der Waals surface area contributed by atoms with Gasteiger partial charge in [0.2, 0.25) is 15.9 Å². The quantitative estimate of drug-likeness (QED) is 0.778. The summed E-state index contributed by atoms with van der Waals surface area (Å²) in [6, 6.07) is 11.3. The molecular formula is C18H23N3O3S. The highest BCUT2D eigenvalue weighted by Crippen LogP contribution is 2.13. The molecule has 0 aliphatic carbocycles. The Morgan fingerprint density at radius 1 is 1.20 bits per heavy atom. The number of sulfonamides is 1. The van der Waals surface area contributed by atoms with E-state index in [2.05, 4.69) is 10.3 Å². The van der Waals surface area contributed by atoms with E-state index in [1.54, 1.807) is 18.5 Å². The summed E-state index contributed by atoms with van der Waals surface area (Å²) < 4.78 is 25.4. The van der Waals surface area contributed by atoms with Gasteiger partial charge in [-0.15, -0.1) is 0 Å². The van der Waals surface area contributed by atoms with E-state index in [1.165, 1.54) is 10.6 Å². The van der Waals surface area contributed by atoms with Crippen molar-refractivity contribution in [2.75, 3.05) is 12.8 Å². The minimum absolute atomic E-state index is 0.110. The summed E-state index contributed by atoms with van der Waals surface area (Å²) in [5.41, 5.74) is 2.86. The number of pyridine rings is 1. The number of carbonyl (C=O) groups excluding carboxylic acids is 1. The third kappa shape index (κ3) is 6.28. The van der Waals surface area contributed by atoms with Crippen LogP contribution in [0.15, 0.2) is 48.8 Å². The van der Waals surface area contributed by atoms with Crippen LogP contribution in [0.2, 0.25) is 0 Å². The van der Waals surface area contributed by atoms with Crippen LogP contribution in [0.5, 0.6) is 0 Å². The van der Waals surface area contributed by atoms with E-state index < -0.39 is 10.0 Å². The van der Waals surface area contributed by atoms with Gasteiger partial charge < -0.3 is 5.32 Å². The first-order valence-corrected chi connectivity index (χ1v) is 9.86. The Bertz CT molecular complexity index is 807. The fourth-order valence-electron chi connectivity index (χ4n) is 2.36. The molecule has 0 atom stereocenters. The minimum Gasteiger partial charge on any atom is -0.352 e. The van der Waals surface area contributed by atoms with Crippen molar-refractivity contribution in [2.24, 2.45) is 0 Å². The highest BCUT2D eigenvalue weighted by molar-refractivity contribution is 7.88. The van der Waals surface area contributed by atoms with Gasteiger partial charge in [0, 0.05) is 38.4 Å². The van der Waals surface area contributed by atoms with E-state index in [0.717, 1.165) is 16.7 Å². The number of nitrogens with zero attached hydrogens (tertiary/aromatic N) is 2. The summed E-state index contributed by atoms with van der Waals surface area (Å²) in [6.45, 7) is 2.73. The normalized spacial score (nSPS) is 11.5. The minimum atomic E-state index is -3.40. The highest BCUT2D eigenvalue weighted by atomic mass is 32.2. The third-order valence-electron chi connectivity index (χ3n) is 3.88. The standard InChI is InChI=1S/C18H23N3O3S/c1-15-6-3-4-8-17(15)14-21(25(2,23)24)11-9-18(22)20-13-16-7-5-10-19-12-16/h3-8,10,12H,9,11,13-14H2,1-2H3,(H,20,22). The molecule has 0 aliphatic rings. The van der Waals surface area contributed by atoms with Gasteiger partial charge >= 0.3 is 0 Å². The maximum atomic E-state index is 12.0. The lowest BCUT2D eigenvalue weighted by Gasteiger charge is -2.20. The Kier molecular flexibility index (Phi) is 6.66. The maximum Gasteiger partial charge on any atom is 0.221 e. The third-order valence-corrected chi connectivity index (χ3v) is 5.13. The van der Waals surface area contributed by atoms with E-state index in [-0.39, 0.29) is 25.4 Å². The molecule has 0 spiro atoms. The van der Waals surface area contributed by atoms with Crippen LogP contribution in [-0.2, 0) is 27.9 Å². The molecule has 134 valence electrons. The van der Waals surface area contributed by atoms with Crippen LogP contribution in [0, 0.1) is 6.92 Å². The molecule has 7 heteroatoms. The first-order chi connectivity index (χ1) is 11.9. The lowest BCUT2D eigenvalue weighted by molar-refractivity contribution is -0.121. The first-order valence-electron chi connectivity index (χ1n) is 8.01. The smallest absolute Gasteiger partial charge is 0.221 e. The summed E-state index contributed by atoms with van der Waals surface area (Å²) in [5.74, 6) is -0.192. The zero-order valence-corrected chi connectivity index (χ0v) is 15.3. The van der Waals surface area contributed by atoms with Crippen molar-refractivity contribution >= 4 is 15.9 Å². The molecule has 1 N–H and O–H groups in total. The van der Waals surface area contributed by atoms with Crippen molar-refractivity contribution in [1.29, 1.82) is 0 Å². The predicted molar refractivity (Wildman–Crippen MR) is 97.1 cm³/mol. The van der Waals surface area contributed by atoms with Crippen molar-refractivity contribution in [3.63, 3.8) is 0 Å².